The second-order valence-corrected chi connectivity index (χ2v) is 10.0. The van der Waals surface area contributed by atoms with Crippen molar-refractivity contribution in [1.29, 1.82) is 0 Å². The van der Waals surface area contributed by atoms with Crippen molar-refractivity contribution in [1.82, 2.24) is 10.2 Å². The molecule has 0 bridgehead atoms. The monoisotopic (exact) mass is 491 g/mol. The van der Waals surface area contributed by atoms with Crippen LogP contribution in [0.1, 0.15) is 48.0 Å². The third-order valence-electron chi connectivity index (χ3n) is 7.20. The van der Waals surface area contributed by atoms with E-state index in [9.17, 15) is 14.4 Å². The van der Waals surface area contributed by atoms with Gasteiger partial charge in [-0.15, -0.1) is 0 Å². The van der Waals surface area contributed by atoms with Gasteiger partial charge in [0.1, 0.15) is 18.5 Å². The van der Waals surface area contributed by atoms with Crippen LogP contribution in [0, 0.1) is 5.92 Å². The lowest BCUT2D eigenvalue weighted by Gasteiger charge is -2.42. The van der Waals surface area contributed by atoms with Crippen LogP contribution in [-0.2, 0) is 20.7 Å². The van der Waals surface area contributed by atoms with Crippen LogP contribution in [0.25, 0.3) is 0 Å². The van der Waals surface area contributed by atoms with Crippen LogP contribution in [0.3, 0.4) is 0 Å². The number of hydrogen-bond donors (Lipinski definition) is 2. The maximum Gasteiger partial charge on any atom is 0.257 e. The zero-order chi connectivity index (χ0) is 25.1. The van der Waals surface area contributed by atoms with Gasteiger partial charge in [-0.2, -0.15) is 0 Å². The molecule has 2 aliphatic heterocycles. The summed E-state index contributed by atoms with van der Waals surface area (Å²) in [5, 5.41) is 5.89. The van der Waals surface area contributed by atoms with Gasteiger partial charge in [0.25, 0.3) is 5.91 Å². The third-order valence-corrected chi connectivity index (χ3v) is 7.20. The Kier molecular flexibility index (Phi) is 7.23. The molecule has 2 fully saturated rings. The largest absolute Gasteiger partial charge is 0.490 e. The highest BCUT2D eigenvalue weighted by Crippen LogP contribution is 2.33. The number of hydrogen-bond acceptors (Lipinski definition) is 5. The molecular formula is C28H33N3O5. The van der Waals surface area contributed by atoms with Gasteiger partial charge in [0.2, 0.25) is 11.8 Å². The van der Waals surface area contributed by atoms with E-state index in [0.717, 1.165) is 18.5 Å². The Balaban J connectivity index is 1.22. The standard InChI is InChI=1S/C28H33N3O5/c1-31-23-11-10-21(15-26(32)29-16-19-7-8-19)36-25(23)17-35-24-12-9-20(14-22(24)28(31)34)30-27(33)13-18-5-3-2-4-6-18/h2-6,9,12,14,19,21,23,25H,7-8,10-11,13,15-17H2,1H3,(H,29,32)(H,30,33)/t21-,23+,25+/m1/s1. The fraction of sp³-hybridized carbons (Fsp3) is 0.464. The fourth-order valence-corrected chi connectivity index (χ4v) is 4.95. The maximum atomic E-state index is 13.4. The first kappa shape index (κ1) is 24.3. The van der Waals surface area contributed by atoms with Crippen molar-refractivity contribution < 1.29 is 23.9 Å². The van der Waals surface area contributed by atoms with E-state index >= 15 is 0 Å². The van der Waals surface area contributed by atoms with Gasteiger partial charge < -0.3 is 25.0 Å². The van der Waals surface area contributed by atoms with Crippen molar-refractivity contribution >= 4 is 23.4 Å². The molecule has 0 aromatic heterocycles. The summed E-state index contributed by atoms with van der Waals surface area (Å²) in [5.41, 5.74) is 1.88. The minimum absolute atomic E-state index is 0.0220. The van der Waals surface area contributed by atoms with Gasteiger partial charge >= 0.3 is 0 Å². The Morgan fingerprint density at radius 1 is 1.03 bits per heavy atom. The number of ether oxygens (including phenoxy) is 2. The topological polar surface area (TPSA) is 97.0 Å². The van der Waals surface area contributed by atoms with Gasteiger partial charge in [-0.3, -0.25) is 14.4 Å². The number of rotatable bonds is 7. The minimum Gasteiger partial charge on any atom is -0.490 e. The molecule has 2 N–H and O–H groups in total. The molecule has 3 aliphatic rings. The molecule has 8 heteroatoms. The minimum atomic E-state index is -0.313. The molecular weight excluding hydrogens is 458 g/mol. The highest BCUT2D eigenvalue weighted by Gasteiger charge is 2.39. The van der Waals surface area contributed by atoms with Gasteiger partial charge in [0, 0.05) is 19.3 Å². The first-order valence-corrected chi connectivity index (χ1v) is 12.8. The summed E-state index contributed by atoms with van der Waals surface area (Å²) < 4.78 is 12.3. The number of fused-ring (bicyclic) bond motifs is 2. The summed E-state index contributed by atoms with van der Waals surface area (Å²) in [6.45, 7) is 1.04. The van der Waals surface area contributed by atoms with E-state index in [4.69, 9.17) is 9.47 Å². The predicted molar refractivity (Wildman–Crippen MR) is 135 cm³/mol. The first-order valence-electron chi connectivity index (χ1n) is 12.8. The lowest BCUT2D eigenvalue weighted by molar-refractivity contribution is -0.134. The molecule has 2 aromatic carbocycles. The van der Waals surface area contributed by atoms with Crippen molar-refractivity contribution in [2.75, 3.05) is 25.5 Å². The van der Waals surface area contributed by atoms with E-state index in [0.29, 0.717) is 35.8 Å². The summed E-state index contributed by atoms with van der Waals surface area (Å²) in [5.74, 6) is 0.791. The van der Waals surface area contributed by atoms with E-state index in [1.165, 1.54) is 12.8 Å². The fourth-order valence-electron chi connectivity index (χ4n) is 4.95. The summed E-state index contributed by atoms with van der Waals surface area (Å²) in [4.78, 5) is 39.9. The number of carbonyl (C=O) groups excluding carboxylic acids is 3. The van der Waals surface area contributed by atoms with Crippen LogP contribution in [-0.4, -0.2) is 61.1 Å². The highest BCUT2D eigenvalue weighted by molar-refractivity contribution is 6.00. The summed E-state index contributed by atoms with van der Waals surface area (Å²) in [7, 11) is 1.78. The van der Waals surface area contributed by atoms with Crippen molar-refractivity contribution in [2.45, 2.75) is 56.8 Å². The zero-order valence-corrected chi connectivity index (χ0v) is 20.6. The van der Waals surface area contributed by atoms with Crippen LogP contribution in [0.15, 0.2) is 48.5 Å². The lowest BCUT2D eigenvalue weighted by atomic mass is 9.94. The molecule has 5 rings (SSSR count). The number of carbonyl (C=O) groups is 3. The molecule has 0 radical (unpaired) electrons. The molecule has 3 amide bonds. The van der Waals surface area contributed by atoms with Crippen LogP contribution in [0.2, 0.25) is 0 Å². The molecule has 1 saturated heterocycles. The van der Waals surface area contributed by atoms with Gasteiger partial charge in [-0.1, -0.05) is 30.3 Å². The molecule has 8 nitrogen and oxygen atoms in total. The van der Waals surface area contributed by atoms with E-state index in [2.05, 4.69) is 10.6 Å². The molecule has 0 unspecified atom stereocenters. The number of nitrogens with zero attached hydrogens (tertiary/aromatic N) is 1. The lowest BCUT2D eigenvalue weighted by Crippen LogP contribution is -2.54. The number of benzene rings is 2. The van der Waals surface area contributed by atoms with E-state index < -0.39 is 0 Å². The number of anilines is 1. The number of likely N-dealkylation sites (N-methyl/N-ethyl adjacent to an activating group) is 1. The number of amides is 3. The molecule has 3 atom stereocenters. The molecule has 2 heterocycles. The average molecular weight is 492 g/mol. The molecule has 2 aromatic rings. The van der Waals surface area contributed by atoms with Crippen LogP contribution in [0.5, 0.6) is 5.75 Å². The van der Waals surface area contributed by atoms with E-state index in [-0.39, 0.29) is 49.0 Å². The Bertz CT molecular complexity index is 1120. The molecule has 1 aliphatic carbocycles. The van der Waals surface area contributed by atoms with Gasteiger partial charge in [0.05, 0.1) is 30.6 Å². The second kappa shape index (κ2) is 10.7. The van der Waals surface area contributed by atoms with Gasteiger partial charge in [0.15, 0.2) is 0 Å². The first-order chi connectivity index (χ1) is 17.5. The third kappa shape index (κ3) is 5.87. The number of nitrogens with one attached hydrogen (secondary N) is 2. The zero-order valence-electron chi connectivity index (χ0n) is 20.6. The normalized spacial score (nSPS) is 23.4. The quantitative estimate of drug-likeness (QED) is 0.620. The summed E-state index contributed by atoms with van der Waals surface area (Å²) in [6, 6.07) is 14.5. The highest BCUT2D eigenvalue weighted by atomic mass is 16.5. The second-order valence-electron chi connectivity index (χ2n) is 10.0. The van der Waals surface area contributed by atoms with Crippen LogP contribution in [0.4, 0.5) is 5.69 Å². The van der Waals surface area contributed by atoms with E-state index in [1.54, 1.807) is 30.1 Å². The molecule has 190 valence electrons. The Labute approximate surface area is 211 Å². The van der Waals surface area contributed by atoms with E-state index in [1.807, 2.05) is 30.3 Å². The van der Waals surface area contributed by atoms with Crippen molar-refractivity contribution in [3.8, 4) is 5.75 Å². The van der Waals surface area contributed by atoms with Gasteiger partial charge in [-0.05, 0) is 55.4 Å². The maximum absolute atomic E-state index is 13.4. The van der Waals surface area contributed by atoms with Crippen LogP contribution >= 0.6 is 0 Å². The van der Waals surface area contributed by atoms with Crippen molar-refractivity contribution in [2.24, 2.45) is 5.92 Å². The Morgan fingerprint density at radius 2 is 1.83 bits per heavy atom. The molecule has 36 heavy (non-hydrogen) atoms. The van der Waals surface area contributed by atoms with Crippen molar-refractivity contribution in [3.63, 3.8) is 0 Å². The van der Waals surface area contributed by atoms with Gasteiger partial charge in [-0.25, -0.2) is 0 Å². The predicted octanol–water partition coefficient (Wildman–Crippen LogP) is 3.16. The molecule has 1 saturated carbocycles. The Hall–Kier alpha value is -3.39. The smallest absolute Gasteiger partial charge is 0.257 e. The van der Waals surface area contributed by atoms with Crippen LogP contribution < -0.4 is 15.4 Å². The Morgan fingerprint density at radius 3 is 2.61 bits per heavy atom. The summed E-state index contributed by atoms with van der Waals surface area (Å²) >= 11 is 0. The molecule has 0 spiro atoms. The SMILES string of the molecule is CN1C(=O)c2cc(NC(=O)Cc3ccccc3)ccc2OC[C@@H]2O[C@@H](CC(=O)NCC3CC3)CC[C@@H]21. The average Bonchev–Trinajstić information content (AvgIpc) is 3.70. The van der Waals surface area contributed by atoms with Crippen molar-refractivity contribution in [3.05, 3.63) is 59.7 Å². The summed E-state index contributed by atoms with van der Waals surface area (Å²) in [6.07, 6.45) is 3.93.